The number of likely N-dealkylation sites (tertiary alicyclic amines) is 1. The van der Waals surface area contributed by atoms with Crippen LogP contribution in [0.2, 0.25) is 0 Å². The highest BCUT2D eigenvalue weighted by molar-refractivity contribution is 5.70. The molecule has 222 valence electrons. The fraction of sp³-hybridized carbons (Fsp3) is 0.244. The van der Waals surface area contributed by atoms with Gasteiger partial charge in [-0.1, -0.05) is 115 Å². The Morgan fingerprint density at radius 1 is 0.787 bits per heavy atom. The molecule has 0 saturated carbocycles. The van der Waals surface area contributed by atoms with Gasteiger partial charge in [0.15, 0.2) is 0 Å². The molecule has 2 aromatic carbocycles. The lowest BCUT2D eigenvalue weighted by atomic mass is 9.77. The predicted octanol–water partition coefficient (Wildman–Crippen LogP) is 6.23. The molecule has 6 atom stereocenters. The number of benzene rings is 1. The highest BCUT2D eigenvalue weighted by atomic mass is 15.2. The first-order valence-electron chi connectivity index (χ1n) is 16.8. The Morgan fingerprint density at radius 2 is 1.72 bits per heavy atom. The topological polar surface area (TPSA) is 6.48 Å². The van der Waals surface area contributed by atoms with Gasteiger partial charge in [0.05, 0.1) is 11.8 Å². The van der Waals surface area contributed by atoms with Gasteiger partial charge in [-0.05, 0) is 54.0 Å². The van der Waals surface area contributed by atoms with E-state index in [1.165, 1.54) is 33.1 Å². The van der Waals surface area contributed by atoms with Crippen LogP contribution < -0.4 is 15.3 Å². The SMILES string of the molecule is C1#CCCC#CC2/C(=C\C1)N(C1=c3ccccc3=CCC=C1)C1CC3C(=CC21)N(C1C#CC2C=CC=C/C2=C/C=C1)c1c#cc#cc13. The van der Waals surface area contributed by atoms with Gasteiger partial charge in [-0.15, -0.1) is 11.8 Å². The van der Waals surface area contributed by atoms with E-state index in [-0.39, 0.29) is 35.8 Å². The van der Waals surface area contributed by atoms with E-state index in [2.05, 4.69) is 167 Å². The van der Waals surface area contributed by atoms with Crippen LogP contribution in [0.3, 0.4) is 0 Å². The molecule has 2 aromatic rings. The van der Waals surface area contributed by atoms with Gasteiger partial charge in [-0.2, -0.15) is 0 Å². The number of nitrogens with zero attached hydrogens (tertiary/aromatic N) is 2. The maximum absolute atomic E-state index is 3.78. The van der Waals surface area contributed by atoms with Crippen LogP contribution in [0, 0.1) is 77.5 Å². The van der Waals surface area contributed by atoms with Gasteiger partial charge < -0.3 is 9.80 Å². The van der Waals surface area contributed by atoms with Gasteiger partial charge in [0, 0.05) is 65.0 Å². The Hall–Kier alpha value is -5.72. The molecule has 0 spiro atoms. The van der Waals surface area contributed by atoms with Crippen LogP contribution in [-0.4, -0.2) is 17.0 Å². The summed E-state index contributed by atoms with van der Waals surface area (Å²) in [6.07, 6.45) is 31.2. The Kier molecular flexibility index (Phi) is 6.79. The summed E-state index contributed by atoms with van der Waals surface area (Å²) in [5.41, 5.74) is 7.21. The molecule has 0 aromatic heterocycles. The minimum atomic E-state index is -0.126. The van der Waals surface area contributed by atoms with Crippen molar-refractivity contribution >= 4 is 17.5 Å². The van der Waals surface area contributed by atoms with Crippen molar-refractivity contribution in [1.29, 1.82) is 0 Å². The van der Waals surface area contributed by atoms with Gasteiger partial charge in [0.2, 0.25) is 0 Å². The predicted molar refractivity (Wildman–Crippen MR) is 188 cm³/mol. The Morgan fingerprint density at radius 3 is 2.72 bits per heavy atom. The van der Waals surface area contributed by atoms with Crippen molar-refractivity contribution in [2.75, 3.05) is 4.90 Å². The molecule has 6 unspecified atom stereocenters. The van der Waals surface area contributed by atoms with Crippen molar-refractivity contribution in [3.05, 3.63) is 148 Å². The first-order valence-corrected chi connectivity index (χ1v) is 16.8. The lowest BCUT2D eigenvalue weighted by molar-refractivity contribution is 0.315. The third-order valence-corrected chi connectivity index (χ3v) is 10.2. The monoisotopic (exact) mass is 600 g/mol. The zero-order valence-electron chi connectivity index (χ0n) is 26.1. The number of rotatable bonds is 2. The largest absolute Gasteiger partial charge is 0.340 e. The van der Waals surface area contributed by atoms with E-state index in [0.29, 0.717) is 0 Å². The molecule has 0 amide bonds. The molecule has 1 saturated heterocycles. The maximum atomic E-state index is 3.78. The molecule has 7 aliphatic rings. The second-order valence-corrected chi connectivity index (χ2v) is 12.8. The normalized spacial score (nSPS) is 30.8. The maximum Gasteiger partial charge on any atom is 0.114 e. The fourth-order valence-electron chi connectivity index (χ4n) is 8.19. The molecule has 9 rings (SSSR count). The van der Waals surface area contributed by atoms with E-state index >= 15 is 0 Å². The summed E-state index contributed by atoms with van der Waals surface area (Å²) in [5.74, 6) is 21.8. The van der Waals surface area contributed by atoms with Crippen LogP contribution in [0.5, 0.6) is 0 Å². The molecule has 5 aliphatic carbocycles. The summed E-state index contributed by atoms with van der Waals surface area (Å²) < 4.78 is 0. The van der Waals surface area contributed by atoms with Gasteiger partial charge in [-0.25, -0.2) is 0 Å². The Balaban J connectivity index is 1.22. The summed E-state index contributed by atoms with van der Waals surface area (Å²) in [6, 6.07) is 22.0. The van der Waals surface area contributed by atoms with Crippen LogP contribution in [-0.2, 0) is 0 Å². The molecule has 0 radical (unpaired) electrons. The number of hydrogen-bond donors (Lipinski definition) is 0. The standard InChI is InChI=1S/C45H32N2/c1-2-4-6-25-43-38(23-5-3-1)40-30-44-39(31-45(40)47(43)41-26-13-10-19-34-18-9-11-22-36(34)41)37-24-12-14-27-42(37)46(44)35-21-15-20-32-16-7-8-17-33(32)28-29-35/h7-9,11,13,15-22,25-26,30,33,35,38-40,45H,1,3,6,10,31H2/b21-15?,32-20-,43-25+. The van der Waals surface area contributed by atoms with E-state index < -0.39 is 0 Å². The minimum Gasteiger partial charge on any atom is -0.340 e. The first kappa shape index (κ1) is 27.6. The molecule has 2 aliphatic heterocycles. The first-order chi connectivity index (χ1) is 23.3. The van der Waals surface area contributed by atoms with Crippen LogP contribution in [0.15, 0.2) is 108 Å². The van der Waals surface area contributed by atoms with Crippen LogP contribution in [0.25, 0.3) is 11.8 Å². The molecular formula is C45H32N2. The number of anilines is 1. The third-order valence-electron chi connectivity index (χ3n) is 10.2. The van der Waals surface area contributed by atoms with E-state index in [1.54, 1.807) is 0 Å². The van der Waals surface area contributed by atoms with Crippen molar-refractivity contribution in [2.24, 2.45) is 17.8 Å². The highest BCUT2D eigenvalue weighted by Gasteiger charge is 2.51. The fourth-order valence-corrected chi connectivity index (χ4v) is 8.19. The summed E-state index contributed by atoms with van der Waals surface area (Å²) in [7, 11) is 0. The Labute approximate surface area is 278 Å². The van der Waals surface area contributed by atoms with Crippen molar-refractivity contribution < 1.29 is 0 Å². The average Bonchev–Trinajstić information content (AvgIpc) is 3.47. The third kappa shape index (κ3) is 4.68. The van der Waals surface area contributed by atoms with Gasteiger partial charge in [0.25, 0.3) is 0 Å². The summed E-state index contributed by atoms with van der Waals surface area (Å²) in [5, 5.41) is 2.56. The average molecular weight is 601 g/mol. The van der Waals surface area contributed by atoms with Crippen LogP contribution >= 0.6 is 0 Å². The van der Waals surface area contributed by atoms with Crippen molar-refractivity contribution in [1.82, 2.24) is 4.90 Å². The van der Waals surface area contributed by atoms with Crippen molar-refractivity contribution in [3.8, 4) is 35.5 Å². The summed E-state index contributed by atoms with van der Waals surface area (Å²) in [6.45, 7) is 0. The minimum absolute atomic E-state index is 0.0777. The molecular weight excluding hydrogens is 569 g/mol. The van der Waals surface area contributed by atoms with Gasteiger partial charge >= 0.3 is 0 Å². The number of allylic oxidation sites excluding steroid dienone is 11. The molecule has 1 fully saturated rings. The van der Waals surface area contributed by atoms with Crippen LogP contribution in [0.1, 0.15) is 43.6 Å². The second-order valence-electron chi connectivity index (χ2n) is 12.8. The van der Waals surface area contributed by atoms with Gasteiger partial charge in [0.1, 0.15) is 11.7 Å². The molecule has 2 heteroatoms. The molecule has 0 bridgehead atoms. The molecule has 2 nitrogen and oxygen atoms in total. The zero-order valence-corrected chi connectivity index (χ0v) is 26.1. The highest BCUT2D eigenvalue weighted by Crippen LogP contribution is 2.55. The van der Waals surface area contributed by atoms with Crippen molar-refractivity contribution in [2.45, 2.75) is 50.1 Å². The van der Waals surface area contributed by atoms with E-state index in [4.69, 9.17) is 0 Å². The second kappa shape index (κ2) is 11.6. The Bertz CT molecular complexity index is 2200. The van der Waals surface area contributed by atoms with Gasteiger partial charge in [-0.3, -0.25) is 0 Å². The van der Waals surface area contributed by atoms with E-state index in [1.807, 2.05) is 0 Å². The lowest BCUT2D eigenvalue weighted by Crippen LogP contribution is -2.40. The lowest BCUT2D eigenvalue weighted by Gasteiger charge is -2.37. The molecule has 0 N–H and O–H groups in total. The van der Waals surface area contributed by atoms with E-state index in [9.17, 15) is 0 Å². The number of fused-ring (bicyclic) bond motifs is 8. The smallest absolute Gasteiger partial charge is 0.114 e. The van der Waals surface area contributed by atoms with Crippen molar-refractivity contribution in [3.63, 3.8) is 0 Å². The molecule has 47 heavy (non-hydrogen) atoms. The molecule has 2 heterocycles. The van der Waals surface area contributed by atoms with Crippen LogP contribution in [0.4, 0.5) is 5.69 Å². The summed E-state index contributed by atoms with van der Waals surface area (Å²) in [4.78, 5) is 5.03. The van der Waals surface area contributed by atoms with E-state index in [0.717, 1.165) is 43.4 Å². The quantitative estimate of drug-likeness (QED) is 0.378. The summed E-state index contributed by atoms with van der Waals surface area (Å²) >= 11 is 0. The number of hydrogen-bond acceptors (Lipinski definition) is 2. The zero-order chi connectivity index (χ0) is 31.2.